The maximum Gasteiger partial charge on any atom is 0.183 e. The number of rotatable bonds is 6. The van der Waals surface area contributed by atoms with Crippen LogP contribution in [0, 0.1) is 0 Å². The fraction of sp³-hybridized carbons (Fsp3) is 0.429. The minimum Gasteiger partial charge on any atom is -0.417 e. The molecular formula is C21H30OSi2. The third kappa shape index (κ3) is 3.58. The molecule has 3 heteroatoms. The molecule has 0 amide bonds. The first-order chi connectivity index (χ1) is 11.3. The Morgan fingerprint density at radius 1 is 1.08 bits per heavy atom. The Kier molecular flexibility index (Phi) is 4.87. The van der Waals surface area contributed by atoms with E-state index in [9.17, 15) is 0 Å². The molecule has 2 aliphatic rings. The summed E-state index contributed by atoms with van der Waals surface area (Å²) in [4.78, 5) is 0. The molecule has 0 aliphatic heterocycles. The molecule has 0 spiro atoms. The van der Waals surface area contributed by atoms with Crippen molar-refractivity contribution in [2.24, 2.45) is 0 Å². The van der Waals surface area contributed by atoms with Crippen molar-refractivity contribution in [2.75, 3.05) is 6.61 Å². The van der Waals surface area contributed by atoms with Crippen molar-refractivity contribution in [1.29, 1.82) is 0 Å². The highest BCUT2D eigenvalue weighted by molar-refractivity contribution is 6.86. The van der Waals surface area contributed by atoms with Crippen LogP contribution in [0.25, 0.3) is 6.08 Å². The molecule has 0 fully saturated rings. The normalized spacial score (nSPS) is 20.1. The number of hydrogen-bond donors (Lipinski definition) is 0. The van der Waals surface area contributed by atoms with Gasteiger partial charge in [0.2, 0.25) is 0 Å². The van der Waals surface area contributed by atoms with Gasteiger partial charge in [-0.2, -0.15) is 0 Å². The van der Waals surface area contributed by atoms with Crippen molar-refractivity contribution in [1.82, 2.24) is 0 Å². The summed E-state index contributed by atoms with van der Waals surface area (Å²) >= 11 is 0. The Morgan fingerprint density at radius 2 is 1.83 bits per heavy atom. The van der Waals surface area contributed by atoms with E-state index in [1.165, 1.54) is 5.56 Å². The van der Waals surface area contributed by atoms with Crippen LogP contribution in [0.4, 0.5) is 0 Å². The lowest BCUT2D eigenvalue weighted by Crippen LogP contribution is -2.38. The van der Waals surface area contributed by atoms with Crippen molar-refractivity contribution in [3.8, 4) is 0 Å². The van der Waals surface area contributed by atoms with E-state index in [0.29, 0.717) is 5.54 Å². The minimum atomic E-state index is -1.56. The monoisotopic (exact) mass is 354 g/mol. The Morgan fingerprint density at radius 3 is 2.50 bits per heavy atom. The van der Waals surface area contributed by atoms with Gasteiger partial charge < -0.3 is 4.43 Å². The minimum absolute atomic E-state index is 0.602. The quantitative estimate of drug-likeness (QED) is 0.562. The topological polar surface area (TPSA) is 9.23 Å². The van der Waals surface area contributed by atoms with Crippen molar-refractivity contribution >= 4 is 22.5 Å². The van der Waals surface area contributed by atoms with Crippen molar-refractivity contribution in [2.45, 2.75) is 51.1 Å². The number of fused-ring (bicyclic) bond motifs is 1. The largest absolute Gasteiger partial charge is 0.417 e. The Labute approximate surface area is 149 Å². The second-order valence-corrected chi connectivity index (χ2v) is 17.7. The van der Waals surface area contributed by atoms with Crippen LogP contribution >= 0.6 is 0 Å². The third-order valence-electron chi connectivity index (χ3n) is 5.27. The first kappa shape index (κ1) is 17.7. The SMILES string of the molecule is C[Si](C)(C)OCCC1=Cc2ccccc2C1[Si](C)(C)C1=CC=CC1. The zero-order valence-corrected chi connectivity index (χ0v) is 17.7. The number of hydrogen-bond acceptors (Lipinski definition) is 1. The van der Waals surface area contributed by atoms with Gasteiger partial charge in [0.05, 0.1) is 8.07 Å². The average Bonchev–Trinajstić information content (AvgIpc) is 3.13. The van der Waals surface area contributed by atoms with Gasteiger partial charge >= 0.3 is 0 Å². The molecule has 1 unspecified atom stereocenters. The van der Waals surface area contributed by atoms with E-state index >= 15 is 0 Å². The molecule has 2 aliphatic carbocycles. The second-order valence-electron chi connectivity index (χ2n) is 8.54. The van der Waals surface area contributed by atoms with Crippen LogP contribution in [0.2, 0.25) is 32.7 Å². The second kappa shape index (κ2) is 6.62. The summed E-state index contributed by atoms with van der Waals surface area (Å²) in [6, 6.07) is 8.99. The Bertz CT molecular complexity index is 705. The molecule has 0 heterocycles. The summed E-state index contributed by atoms with van der Waals surface area (Å²) in [7, 11) is -3.00. The van der Waals surface area contributed by atoms with E-state index in [4.69, 9.17) is 4.43 Å². The van der Waals surface area contributed by atoms with E-state index in [2.05, 4.69) is 81.3 Å². The predicted octanol–water partition coefficient (Wildman–Crippen LogP) is 6.08. The smallest absolute Gasteiger partial charge is 0.183 e. The molecule has 1 atom stereocenters. The van der Waals surface area contributed by atoms with Gasteiger partial charge in [0, 0.05) is 12.1 Å². The first-order valence-electron chi connectivity index (χ1n) is 9.08. The summed E-state index contributed by atoms with van der Waals surface area (Å²) in [5.74, 6) is 0. The zero-order chi connectivity index (χ0) is 17.4. The van der Waals surface area contributed by atoms with Gasteiger partial charge in [-0.3, -0.25) is 0 Å². The molecule has 3 rings (SSSR count). The molecule has 24 heavy (non-hydrogen) atoms. The highest BCUT2D eigenvalue weighted by Gasteiger charge is 2.41. The van der Waals surface area contributed by atoms with Gasteiger partial charge in [-0.15, -0.1) is 0 Å². The summed E-state index contributed by atoms with van der Waals surface area (Å²) in [6.45, 7) is 12.8. The first-order valence-corrected chi connectivity index (χ1v) is 15.6. The van der Waals surface area contributed by atoms with Gasteiger partial charge in [-0.1, -0.05) is 72.4 Å². The van der Waals surface area contributed by atoms with E-state index in [-0.39, 0.29) is 0 Å². The zero-order valence-electron chi connectivity index (χ0n) is 15.7. The molecule has 128 valence electrons. The fourth-order valence-corrected chi connectivity index (χ4v) is 8.49. The van der Waals surface area contributed by atoms with Gasteiger partial charge in [0.25, 0.3) is 0 Å². The third-order valence-corrected chi connectivity index (χ3v) is 10.5. The summed E-state index contributed by atoms with van der Waals surface area (Å²) in [5, 5.41) is 1.68. The average molecular weight is 355 g/mol. The molecule has 0 saturated carbocycles. The fourth-order valence-electron chi connectivity index (χ4n) is 4.04. The molecule has 1 aromatic rings. The molecule has 1 nitrogen and oxygen atoms in total. The molecular weight excluding hydrogens is 324 g/mol. The van der Waals surface area contributed by atoms with E-state index < -0.39 is 16.4 Å². The van der Waals surface area contributed by atoms with Gasteiger partial charge in [0.1, 0.15) is 0 Å². The molecule has 1 aromatic carbocycles. The van der Waals surface area contributed by atoms with Crippen molar-refractivity contribution in [3.63, 3.8) is 0 Å². The van der Waals surface area contributed by atoms with E-state index in [0.717, 1.165) is 19.4 Å². The van der Waals surface area contributed by atoms with Crippen molar-refractivity contribution < 1.29 is 4.43 Å². The lowest BCUT2D eigenvalue weighted by molar-refractivity contribution is 0.315. The van der Waals surface area contributed by atoms with Gasteiger partial charge in [-0.05, 0) is 43.6 Å². The Balaban J connectivity index is 1.87. The van der Waals surface area contributed by atoms with Gasteiger partial charge in [0.15, 0.2) is 8.32 Å². The Hall–Kier alpha value is -1.17. The predicted molar refractivity (Wildman–Crippen MR) is 110 cm³/mol. The lowest BCUT2D eigenvalue weighted by atomic mass is 10.1. The molecule has 0 radical (unpaired) electrons. The van der Waals surface area contributed by atoms with Gasteiger partial charge in [-0.25, -0.2) is 0 Å². The van der Waals surface area contributed by atoms with Crippen LogP contribution in [-0.4, -0.2) is 23.0 Å². The summed E-state index contributed by atoms with van der Waals surface area (Å²) < 4.78 is 6.16. The summed E-state index contributed by atoms with van der Waals surface area (Å²) in [6.07, 6.45) is 11.6. The molecule has 0 saturated heterocycles. The molecule has 0 N–H and O–H groups in total. The van der Waals surface area contributed by atoms with Crippen LogP contribution in [0.15, 0.2) is 53.3 Å². The van der Waals surface area contributed by atoms with Crippen LogP contribution in [0.5, 0.6) is 0 Å². The van der Waals surface area contributed by atoms with Crippen LogP contribution in [0.1, 0.15) is 29.5 Å². The van der Waals surface area contributed by atoms with Crippen LogP contribution < -0.4 is 0 Å². The maximum absolute atomic E-state index is 6.16. The highest BCUT2D eigenvalue weighted by Crippen LogP contribution is 2.47. The maximum atomic E-state index is 6.16. The van der Waals surface area contributed by atoms with E-state index in [1.807, 2.05) is 0 Å². The number of benzene rings is 1. The van der Waals surface area contributed by atoms with Crippen LogP contribution in [0.3, 0.4) is 0 Å². The molecule has 0 bridgehead atoms. The van der Waals surface area contributed by atoms with Crippen LogP contribution in [-0.2, 0) is 4.43 Å². The van der Waals surface area contributed by atoms with Crippen molar-refractivity contribution in [3.05, 3.63) is 64.4 Å². The summed E-state index contributed by atoms with van der Waals surface area (Å²) in [5.41, 5.74) is 5.17. The highest BCUT2D eigenvalue weighted by atomic mass is 28.4. The lowest BCUT2D eigenvalue weighted by Gasteiger charge is -2.34. The number of allylic oxidation sites excluding steroid dienone is 4. The molecule has 0 aromatic heterocycles. The van der Waals surface area contributed by atoms with E-state index in [1.54, 1.807) is 16.3 Å². The standard InChI is InChI=1S/C21H30OSi2/c1-23(2,3)22-15-14-18-16-17-10-6-9-13-20(17)21(18)24(4,5)19-11-7-8-12-19/h6-11,13,16,21H,12,14-15H2,1-5H3.